The summed E-state index contributed by atoms with van der Waals surface area (Å²) >= 11 is 3.46. The van der Waals surface area contributed by atoms with E-state index >= 15 is 0 Å². The standard InChI is InChI=1S/C18H20BrN3O/c1-13-11-15(6-7-16(13)19)21-18(23)14-5-8-17(20-12-14)22-9-3-2-4-10-22/h5-8,11-12H,2-4,9-10H2,1H3,(H,21,23). The molecule has 0 unspecified atom stereocenters. The van der Waals surface area contributed by atoms with Crippen molar-refractivity contribution in [2.24, 2.45) is 0 Å². The van der Waals surface area contributed by atoms with Gasteiger partial charge in [0.05, 0.1) is 5.56 Å². The Morgan fingerprint density at radius 1 is 1.17 bits per heavy atom. The Morgan fingerprint density at radius 3 is 2.61 bits per heavy atom. The molecule has 120 valence electrons. The molecule has 1 aliphatic heterocycles. The fraction of sp³-hybridized carbons (Fsp3) is 0.333. The molecule has 2 heterocycles. The van der Waals surface area contributed by atoms with Gasteiger partial charge in [0, 0.05) is 29.4 Å². The summed E-state index contributed by atoms with van der Waals surface area (Å²) in [6.07, 6.45) is 5.38. The second-order valence-corrected chi connectivity index (χ2v) is 6.73. The molecule has 0 radical (unpaired) electrons. The highest BCUT2D eigenvalue weighted by atomic mass is 79.9. The Labute approximate surface area is 145 Å². The van der Waals surface area contributed by atoms with Gasteiger partial charge in [-0.1, -0.05) is 15.9 Å². The maximum Gasteiger partial charge on any atom is 0.257 e. The largest absolute Gasteiger partial charge is 0.357 e. The Kier molecular flexibility index (Phi) is 4.96. The van der Waals surface area contributed by atoms with Gasteiger partial charge in [-0.15, -0.1) is 0 Å². The number of pyridine rings is 1. The highest BCUT2D eigenvalue weighted by Crippen LogP contribution is 2.21. The lowest BCUT2D eigenvalue weighted by atomic mass is 10.1. The topological polar surface area (TPSA) is 45.2 Å². The number of carbonyl (C=O) groups is 1. The summed E-state index contributed by atoms with van der Waals surface area (Å²) in [6.45, 7) is 4.10. The molecular formula is C18H20BrN3O. The van der Waals surface area contributed by atoms with Crippen molar-refractivity contribution in [2.75, 3.05) is 23.3 Å². The maximum atomic E-state index is 12.3. The van der Waals surface area contributed by atoms with Gasteiger partial charge in [-0.25, -0.2) is 4.98 Å². The number of aryl methyl sites for hydroxylation is 1. The fourth-order valence-electron chi connectivity index (χ4n) is 2.76. The molecule has 5 heteroatoms. The van der Waals surface area contributed by atoms with Crippen LogP contribution in [0.5, 0.6) is 0 Å². The second kappa shape index (κ2) is 7.13. The van der Waals surface area contributed by atoms with Gasteiger partial charge in [0.2, 0.25) is 0 Å². The smallest absolute Gasteiger partial charge is 0.257 e. The van der Waals surface area contributed by atoms with E-state index in [0.29, 0.717) is 5.56 Å². The van der Waals surface area contributed by atoms with Gasteiger partial charge in [0.25, 0.3) is 5.91 Å². The predicted molar refractivity (Wildman–Crippen MR) is 97.1 cm³/mol. The number of amides is 1. The summed E-state index contributed by atoms with van der Waals surface area (Å²) in [5, 5.41) is 2.91. The van der Waals surface area contributed by atoms with Crippen LogP contribution in [0.4, 0.5) is 11.5 Å². The Bertz CT molecular complexity index is 694. The minimum atomic E-state index is -0.135. The highest BCUT2D eigenvalue weighted by molar-refractivity contribution is 9.10. The van der Waals surface area contributed by atoms with E-state index in [1.54, 1.807) is 6.20 Å². The molecular weight excluding hydrogens is 354 g/mol. The van der Waals surface area contributed by atoms with E-state index < -0.39 is 0 Å². The van der Waals surface area contributed by atoms with Crippen LogP contribution in [0.15, 0.2) is 41.0 Å². The number of nitrogens with zero attached hydrogens (tertiary/aromatic N) is 2. The minimum absolute atomic E-state index is 0.135. The molecule has 0 saturated carbocycles. The van der Waals surface area contributed by atoms with Gasteiger partial charge in [0.15, 0.2) is 0 Å². The average molecular weight is 374 g/mol. The molecule has 0 spiro atoms. The lowest BCUT2D eigenvalue weighted by Gasteiger charge is -2.27. The van der Waals surface area contributed by atoms with Crippen LogP contribution in [0.3, 0.4) is 0 Å². The third-order valence-electron chi connectivity index (χ3n) is 4.11. The van der Waals surface area contributed by atoms with Crippen molar-refractivity contribution in [1.29, 1.82) is 0 Å². The predicted octanol–water partition coefficient (Wildman–Crippen LogP) is 4.40. The van der Waals surface area contributed by atoms with Crippen LogP contribution in [0.2, 0.25) is 0 Å². The van der Waals surface area contributed by atoms with E-state index in [1.807, 2.05) is 37.3 Å². The maximum absolute atomic E-state index is 12.3. The molecule has 1 amide bonds. The molecule has 1 saturated heterocycles. The first-order valence-electron chi connectivity index (χ1n) is 7.92. The number of hydrogen-bond acceptors (Lipinski definition) is 3. The molecule has 1 aliphatic rings. The molecule has 1 N–H and O–H groups in total. The number of hydrogen-bond donors (Lipinski definition) is 1. The molecule has 2 aromatic rings. The van der Waals surface area contributed by atoms with Crippen LogP contribution in [0.1, 0.15) is 35.2 Å². The number of rotatable bonds is 3. The number of halogens is 1. The van der Waals surface area contributed by atoms with Crippen LogP contribution in [-0.2, 0) is 0 Å². The van der Waals surface area contributed by atoms with E-state index in [9.17, 15) is 4.79 Å². The Balaban J connectivity index is 1.68. The van der Waals surface area contributed by atoms with Crippen molar-refractivity contribution < 1.29 is 4.79 Å². The summed E-state index contributed by atoms with van der Waals surface area (Å²) in [7, 11) is 0. The van der Waals surface area contributed by atoms with Crippen molar-refractivity contribution in [1.82, 2.24) is 4.98 Å². The first kappa shape index (κ1) is 16.0. The Morgan fingerprint density at radius 2 is 1.96 bits per heavy atom. The zero-order valence-corrected chi connectivity index (χ0v) is 14.8. The van der Waals surface area contributed by atoms with Crippen LogP contribution < -0.4 is 10.2 Å². The first-order chi connectivity index (χ1) is 11.1. The fourth-order valence-corrected chi connectivity index (χ4v) is 3.00. The van der Waals surface area contributed by atoms with Crippen molar-refractivity contribution in [3.8, 4) is 0 Å². The van der Waals surface area contributed by atoms with Crippen LogP contribution in [-0.4, -0.2) is 24.0 Å². The lowest BCUT2D eigenvalue weighted by molar-refractivity contribution is 0.102. The number of benzene rings is 1. The minimum Gasteiger partial charge on any atom is -0.357 e. The quantitative estimate of drug-likeness (QED) is 0.867. The molecule has 4 nitrogen and oxygen atoms in total. The number of nitrogens with one attached hydrogen (secondary N) is 1. The molecule has 1 aromatic carbocycles. The summed E-state index contributed by atoms with van der Waals surface area (Å²) in [4.78, 5) is 19.1. The zero-order chi connectivity index (χ0) is 16.2. The van der Waals surface area contributed by atoms with Crippen molar-refractivity contribution in [3.05, 3.63) is 52.1 Å². The molecule has 23 heavy (non-hydrogen) atoms. The van der Waals surface area contributed by atoms with Gasteiger partial charge in [0.1, 0.15) is 5.82 Å². The molecule has 0 atom stereocenters. The number of piperidine rings is 1. The first-order valence-corrected chi connectivity index (χ1v) is 8.71. The van der Waals surface area contributed by atoms with Gasteiger partial charge < -0.3 is 10.2 Å². The Hall–Kier alpha value is -1.88. The lowest BCUT2D eigenvalue weighted by Crippen LogP contribution is -2.30. The van der Waals surface area contributed by atoms with Gasteiger partial charge in [-0.2, -0.15) is 0 Å². The average Bonchev–Trinajstić information content (AvgIpc) is 2.59. The zero-order valence-electron chi connectivity index (χ0n) is 13.2. The van der Waals surface area contributed by atoms with Crippen LogP contribution >= 0.6 is 15.9 Å². The normalized spacial score (nSPS) is 14.6. The van der Waals surface area contributed by atoms with Gasteiger partial charge in [-0.05, 0) is 62.1 Å². The van der Waals surface area contributed by atoms with Crippen molar-refractivity contribution >= 4 is 33.3 Å². The number of aromatic nitrogens is 1. The van der Waals surface area contributed by atoms with E-state index in [0.717, 1.165) is 34.6 Å². The molecule has 0 aliphatic carbocycles. The highest BCUT2D eigenvalue weighted by Gasteiger charge is 2.13. The molecule has 0 bridgehead atoms. The van der Waals surface area contributed by atoms with E-state index in [-0.39, 0.29) is 5.91 Å². The summed E-state index contributed by atoms with van der Waals surface area (Å²) in [6, 6.07) is 9.54. The monoisotopic (exact) mass is 373 g/mol. The molecule has 1 aromatic heterocycles. The van der Waals surface area contributed by atoms with Crippen LogP contribution in [0.25, 0.3) is 0 Å². The van der Waals surface area contributed by atoms with E-state index in [2.05, 4.69) is 31.1 Å². The number of carbonyl (C=O) groups excluding carboxylic acids is 1. The summed E-state index contributed by atoms with van der Waals surface area (Å²) in [5.41, 5.74) is 2.45. The summed E-state index contributed by atoms with van der Waals surface area (Å²) < 4.78 is 1.03. The van der Waals surface area contributed by atoms with E-state index in [4.69, 9.17) is 0 Å². The SMILES string of the molecule is Cc1cc(NC(=O)c2ccc(N3CCCCC3)nc2)ccc1Br. The summed E-state index contributed by atoms with van der Waals surface area (Å²) in [5.74, 6) is 0.824. The van der Waals surface area contributed by atoms with Gasteiger partial charge in [-0.3, -0.25) is 4.79 Å². The number of anilines is 2. The van der Waals surface area contributed by atoms with Crippen molar-refractivity contribution in [2.45, 2.75) is 26.2 Å². The van der Waals surface area contributed by atoms with Crippen LogP contribution in [0, 0.1) is 6.92 Å². The van der Waals surface area contributed by atoms with Crippen molar-refractivity contribution in [3.63, 3.8) is 0 Å². The third kappa shape index (κ3) is 3.91. The molecule has 3 rings (SSSR count). The van der Waals surface area contributed by atoms with Gasteiger partial charge >= 0.3 is 0 Å². The van der Waals surface area contributed by atoms with E-state index in [1.165, 1.54) is 19.3 Å². The third-order valence-corrected chi connectivity index (χ3v) is 5.00. The molecule has 1 fully saturated rings. The second-order valence-electron chi connectivity index (χ2n) is 5.87.